The summed E-state index contributed by atoms with van der Waals surface area (Å²) in [5.74, 6) is 0.829. The lowest BCUT2D eigenvalue weighted by molar-refractivity contribution is -0.118. The molecule has 0 fully saturated rings. The van der Waals surface area contributed by atoms with Gasteiger partial charge in [0.1, 0.15) is 11.5 Å². The minimum absolute atomic E-state index is 0.234. The maximum atomic E-state index is 11.6. The normalized spacial score (nSPS) is 11.0. The molecule has 0 radical (unpaired) electrons. The first-order valence-electron chi connectivity index (χ1n) is 8.40. The van der Waals surface area contributed by atoms with Gasteiger partial charge in [-0.25, -0.2) is 4.79 Å². The van der Waals surface area contributed by atoms with Crippen LogP contribution in [0.4, 0.5) is 4.79 Å². The van der Waals surface area contributed by atoms with Gasteiger partial charge in [0.2, 0.25) is 5.91 Å². The van der Waals surface area contributed by atoms with Crippen molar-refractivity contribution in [3.8, 4) is 11.5 Å². The molecule has 0 spiro atoms. The van der Waals surface area contributed by atoms with E-state index in [2.05, 4.69) is 31.3 Å². The number of hydrogen-bond acceptors (Lipinski definition) is 4. The number of carbonyl (C=O) groups excluding carboxylic acids is 2. The molecule has 2 rings (SSSR count). The summed E-state index contributed by atoms with van der Waals surface area (Å²) in [6, 6.07) is 11.8. The number of hydrogen-bond donors (Lipinski definition) is 1. The first-order chi connectivity index (χ1) is 12.1. The van der Waals surface area contributed by atoms with E-state index in [9.17, 15) is 9.59 Å². The van der Waals surface area contributed by atoms with Crippen LogP contribution < -0.4 is 14.8 Å². The lowest BCUT2D eigenvalue weighted by Gasteiger charge is -2.27. The molecule has 0 unspecified atom stereocenters. The fourth-order valence-corrected chi connectivity index (χ4v) is 2.86. The Kier molecular flexibility index (Phi) is 5.70. The van der Waals surface area contributed by atoms with Gasteiger partial charge in [0.15, 0.2) is 0 Å². The number of methoxy groups -OCH3 is 1. The summed E-state index contributed by atoms with van der Waals surface area (Å²) in [5, 5.41) is 2.09. The van der Waals surface area contributed by atoms with Crippen LogP contribution in [0.5, 0.6) is 11.5 Å². The third-order valence-electron chi connectivity index (χ3n) is 4.49. The molecule has 0 saturated carbocycles. The molecule has 0 aliphatic rings. The van der Waals surface area contributed by atoms with Crippen LogP contribution in [0.2, 0.25) is 0 Å². The molecule has 0 bridgehead atoms. The SMILES string of the molecule is COc1ccc(C(C)(C)c2ccc(OC(=O)NC(C)=O)c(C)c2)cc1C. The van der Waals surface area contributed by atoms with Crippen LogP contribution in [-0.4, -0.2) is 19.1 Å². The molecule has 0 aromatic heterocycles. The van der Waals surface area contributed by atoms with E-state index in [-0.39, 0.29) is 5.41 Å². The first-order valence-corrected chi connectivity index (χ1v) is 8.40. The molecule has 26 heavy (non-hydrogen) atoms. The van der Waals surface area contributed by atoms with E-state index < -0.39 is 12.0 Å². The van der Waals surface area contributed by atoms with Crippen molar-refractivity contribution < 1.29 is 19.1 Å². The van der Waals surface area contributed by atoms with Gasteiger partial charge in [0, 0.05) is 12.3 Å². The van der Waals surface area contributed by atoms with Crippen molar-refractivity contribution in [1.82, 2.24) is 5.32 Å². The van der Waals surface area contributed by atoms with E-state index in [1.165, 1.54) is 6.92 Å². The fourth-order valence-electron chi connectivity index (χ4n) is 2.86. The van der Waals surface area contributed by atoms with Crippen LogP contribution in [0.3, 0.4) is 0 Å². The number of rotatable bonds is 4. The van der Waals surface area contributed by atoms with Crippen molar-refractivity contribution in [2.75, 3.05) is 7.11 Å². The Labute approximate surface area is 154 Å². The molecular weight excluding hydrogens is 330 g/mol. The van der Waals surface area contributed by atoms with Gasteiger partial charge in [-0.05, 0) is 48.2 Å². The van der Waals surface area contributed by atoms with Crippen molar-refractivity contribution in [2.24, 2.45) is 0 Å². The largest absolute Gasteiger partial charge is 0.496 e. The van der Waals surface area contributed by atoms with Gasteiger partial charge in [0.05, 0.1) is 7.11 Å². The molecule has 5 heteroatoms. The fraction of sp³-hybridized carbons (Fsp3) is 0.333. The number of nitrogens with one attached hydrogen (secondary N) is 1. The Morgan fingerprint density at radius 1 is 0.923 bits per heavy atom. The molecule has 0 aliphatic carbocycles. The van der Waals surface area contributed by atoms with E-state index in [0.717, 1.165) is 28.0 Å². The number of ether oxygens (including phenoxy) is 2. The van der Waals surface area contributed by atoms with Gasteiger partial charge >= 0.3 is 6.09 Å². The topological polar surface area (TPSA) is 64.6 Å². The third kappa shape index (κ3) is 4.23. The summed E-state index contributed by atoms with van der Waals surface area (Å²) in [4.78, 5) is 22.5. The van der Waals surface area contributed by atoms with E-state index in [1.807, 2.05) is 32.0 Å². The molecule has 138 valence electrons. The minimum atomic E-state index is -0.779. The van der Waals surface area contributed by atoms with Crippen LogP contribution in [0, 0.1) is 13.8 Å². The lowest BCUT2D eigenvalue weighted by atomic mass is 9.77. The quantitative estimate of drug-likeness (QED) is 0.889. The second kappa shape index (κ2) is 7.60. The monoisotopic (exact) mass is 355 g/mol. The maximum Gasteiger partial charge on any atom is 0.419 e. The number of benzene rings is 2. The van der Waals surface area contributed by atoms with Gasteiger partial charge in [-0.15, -0.1) is 0 Å². The number of amides is 2. The average Bonchev–Trinajstić information content (AvgIpc) is 2.55. The van der Waals surface area contributed by atoms with E-state index >= 15 is 0 Å². The standard InChI is InChI=1S/C21H25NO4/c1-13-11-16(7-9-18(13)25-6)21(4,5)17-8-10-19(14(2)12-17)26-20(24)22-15(3)23/h7-12H,1-6H3,(H,22,23,24). The molecule has 2 aromatic rings. The summed E-state index contributed by atoms with van der Waals surface area (Å²) < 4.78 is 10.5. The molecule has 0 aliphatic heterocycles. The Morgan fingerprint density at radius 2 is 1.42 bits per heavy atom. The van der Waals surface area contributed by atoms with Crippen LogP contribution in [0.25, 0.3) is 0 Å². The minimum Gasteiger partial charge on any atom is -0.496 e. The molecular formula is C21H25NO4. The number of aryl methyl sites for hydroxylation is 2. The van der Waals surface area contributed by atoms with Crippen LogP contribution in [-0.2, 0) is 10.2 Å². The summed E-state index contributed by atoms with van der Waals surface area (Å²) in [5.41, 5.74) is 3.93. The summed E-state index contributed by atoms with van der Waals surface area (Å²) in [6.45, 7) is 9.44. The summed E-state index contributed by atoms with van der Waals surface area (Å²) in [6.07, 6.45) is -0.779. The Hall–Kier alpha value is -2.82. The van der Waals surface area contributed by atoms with Crippen LogP contribution in [0.15, 0.2) is 36.4 Å². The van der Waals surface area contributed by atoms with E-state index in [4.69, 9.17) is 9.47 Å². The Balaban J connectivity index is 2.30. The molecule has 1 N–H and O–H groups in total. The van der Waals surface area contributed by atoms with Crippen LogP contribution in [0.1, 0.15) is 43.0 Å². The van der Waals surface area contributed by atoms with E-state index in [1.54, 1.807) is 13.2 Å². The zero-order valence-corrected chi connectivity index (χ0v) is 16.1. The van der Waals surface area contributed by atoms with Gasteiger partial charge in [0.25, 0.3) is 0 Å². The summed E-state index contributed by atoms with van der Waals surface area (Å²) in [7, 11) is 1.66. The molecule has 0 heterocycles. The van der Waals surface area contributed by atoms with Crippen molar-refractivity contribution >= 4 is 12.0 Å². The highest BCUT2D eigenvalue weighted by Crippen LogP contribution is 2.35. The molecule has 5 nitrogen and oxygen atoms in total. The van der Waals surface area contributed by atoms with Crippen LogP contribution >= 0.6 is 0 Å². The van der Waals surface area contributed by atoms with Crippen molar-refractivity contribution in [3.63, 3.8) is 0 Å². The highest BCUT2D eigenvalue weighted by Gasteiger charge is 2.24. The Morgan fingerprint density at radius 3 is 1.85 bits per heavy atom. The second-order valence-corrected chi connectivity index (χ2v) is 6.86. The van der Waals surface area contributed by atoms with E-state index in [0.29, 0.717) is 5.75 Å². The highest BCUT2D eigenvalue weighted by molar-refractivity contribution is 5.91. The predicted octanol–water partition coefficient (Wildman–Crippen LogP) is 4.27. The van der Waals surface area contributed by atoms with Crippen molar-refractivity contribution in [1.29, 1.82) is 0 Å². The molecule has 2 amide bonds. The maximum absolute atomic E-state index is 11.6. The number of carbonyl (C=O) groups is 2. The smallest absolute Gasteiger partial charge is 0.419 e. The molecule has 2 aromatic carbocycles. The zero-order chi connectivity index (χ0) is 19.5. The Bertz CT molecular complexity index is 840. The summed E-state index contributed by atoms with van der Waals surface area (Å²) >= 11 is 0. The molecule has 0 saturated heterocycles. The van der Waals surface area contributed by atoms with Gasteiger partial charge < -0.3 is 9.47 Å². The molecule has 0 atom stereocenters. The predicted molar refractivity (Wildman–Crippen MR) is 101 cm³/mol. The second-order valence-electron chi connectivity index (χ2n) is 6.86. The van der Waals surface area contributed by atoms with Gasteiger partial charge in [-0.1, -0.05) is 38.1 Å². The zero-order valence-electron chi connectivity index (χ0n) is 16.1. The first kappa shape index (κ1) is 19.5. The lowest BCUT2D eigenvalue weighted by Crippen LogP contribution is -2.31. The van der Waals surface area contributed by atoms with Crippen molar-refractivity contribution in [3.05, 3.63) is 58.7 Å². The number of imide groups is 1. The van der Waals surface area contributed by atoms with Gasteiger partial charge in [-0.2, -0.15) is 0 Å². The third-order valence-corrected chi connectivity index (χ3v) is 4.49. The van der Waals surface area contributed by atoms with Crippen molar-refractivity contribution in [2.45, 2.75) is 40.0 Å². The average molecular weight is 355 g/mol. The van der Waals surface area contributed by atoms with Gasteiger partial charge in [-0.3, -0.25) is 10.1 Å². The highest BCUT2D eigenvalue weighted by atomic mass is 16.6.